The zero-order valence-corrected chi connectivity index (χ0v) is 9.67. The Kier molecular flexibility index (Phi) is 3.67. The standard InChI is InChI=1S/C11H21NO2/c1-11(2,3)10(13)7-9-8-14-6-5-12(9)4/h9H,5-8H2,1-4H3. The van der Waals surface area contributed by atoms with Crippen LogP contribution >= 0.6 is 0 Å². The highest BCUT2D eigenvalue weighted by Crippen LogP contribution is 2.20. The molecule has 3 heteroatoms. The van der Waals surface area contributed by atoms with E-state index >= 15 is 0 Å². The van der Waals surface area contributed by atoms with Gasteiger partial charge in [0.25, 0.3) is 0 Å². The molecule has 0 bridgehead atoms. The van der Waals surface area contributed by atoms with Crippen LogP contribution in [0.1, 0.15) is 27.2 Å². The Hall–Kier alpha value is -0.410. The summed E-state index contributed by atoms with van der Waals surface area (Å²) in [6.07, 6.45) is 0.611. The highest BCUT2D eigenvalue weighted by Gasteiger charge is 2.28. The van der Waals surface area contributed by atoms with Crippen LogP contribution in [0.3, 0.4) is 0 Å². The summed E-state index contributed by atoms with van der Waals surface area (Å²) < 4.78 is 5.37. The Bertz CT molecular complexity index is 208. The highest BCUT2D eigenvalue weighted by atomic mass is 16.5. The minimum absolute atomic E-state index is 0.224. The molecule has 82 valence electrons. The lowest BCUT2D eigenvalue weighted by atomic mass is 9.87. The summed E-state index contributed by atoms with van der Waals surface area (Å²) in [4.78, 5) is 14.0. The number of Topliss-reactive ketones (excluding diaryl/α,β-unsaturated/α-hetero) is 1. The third kappa shape index (κ3) is 3.07. The summed E-state index contributed by atoms with van der Waals surface area (Å²) in [6.45, 7) is 8.33. The van der Waals surface area contributed by atoms with Gasteiger partial charge in [0.05, 0.1) is 13.2 Å². The average molecular weight is 199 g/mol. The van der Waals surface area contributed by atoms with E-state index in [1.165, 1.54) is 0 Å². The number of hydrogen-bond donors (Lipinski definition) is 0. The first-order valence-electron chi connectivity index (χ1n) is 5.22. The van der Waals surface area contributed by atoms with Crippen molar-refractivity contribution in [1.82, 2.24) is 4.90 Å². The van der Waals surface area contributed by atoms with E-state index in [0.29, 0.717) is 18.8 Å². The van der Waals surface area contributed by atoms with Crippen LogP contribution in [-0.4, -0.2) is 43.5 Å². The maximum Gasteiger partial charge on any atom is 0.139 e. The normalized spacial score (nSPS) is 25.0. The van der Waals surface area contributed by atoms with E-state index in [-0.39, 0.29) is 11.5 Å². The van der Waals surface area contributed by atoms with Crippen LogP contribution in [0.15, 0.2) is 0 Å². The van der Waals surface area contributed by atoms with Crippen LogP contribution in [0, 0.1) is 5.41 Å². The van der Waals surface area contributed by atoms with Gasteiger partial charge in [-0.1, -0.05) is 20.8 Å². The molecule has 1 heterocycles. The Morgan fingerprint density at radius 1 is 1.50 bits per heavy atom. The van der Waals surface area contributed by atoms with Gasteiger partial charge in [0.1, 0.15) is 5.78 Å². The quantitative estimate of drug-likeness (QED) is 0.672. The summed E-state index contributed by atoms with van der Waals surface area (Å²) in [5.74, 6) is 0.319. The molecular formula is C11H21NO2. The fraction of sp³-hybridized carbons (Fsp3) is 0.909. The molecule has 0 amide bonds. The maximum atomic E-state index is 11.8. The Morgan fingerprint density at radius 2 is 2.14 bits per heavy atom. The lowest BCUT2D eigenvalue weighted by Gasteiger charge is -2.33. The molecule has 0 radical (unpaired) electrons. The average Bonchev–Trinajstić information content (AvgIpc) is 2.07. The number of carbonyl (C=O) groups excluding carboxylic acids is 1. The maximum absolute atomic E-state index is 11.8. The van der Waals surface area contributed by atoms with Gasteiger partial charge in [0.15, 0.2) is 0 Å². The van der Waals surface area contributed by atoms with Crippen molar-refractivity contribution in [2.45, 2.75) is 33.2 Å². The summed E-state index contributed by atoms with van der Waals surface area (Å²) in [5.41, 5.74) is -0.224. The SMILES string of the molecule is CN1CCOCC1CC(=O)C(C)(C)C. The second-order valence-corrected chi connectivity index (χ2v) is 5.09. The third-order valence-electron chi connectivity index (χ3n) is 2.78. The summed E-state index contributed by atoms with van der Waals surface area (Å²) in [6, 6.07) is 0.274. The van der Waals surface area contributed by atoms with Crippen LogP contribution < -0.4 is 0 Å². The molecule has 1 unspecified atom stereocenters. The molecule has 1 atom stereocenters. The predicted molar refractivity (Wildman–Crippen MR) is 56.3 cm³/mol. The number of ketones is 1. The van der Waals surface area contributed by atoms with Gasteiger partial charge in [-0.15, -0.1) is 0 Å². The molecule has 1 saturated heterocycles. The van der Waals surface area contributed by atoms with Crippen molar-refractivity contribution in [3.05, 3.63) is 0 Å². The van der Waals surface area contributed by atoms with Crippen molar-refractivity contribution in [3.8, 4) is 0 Å². The van der Waals surface area contributed by atoms with Crippen molar-refractivity contribution in [1.29, 1.82) is 0 Å². The highest BCUT2D eigenvalue weighted by molar-refractivity contribution is 5.84. The molecule has 0 saturated carbocycles. The zero-order valence-electron chi connectivity index (χ0n) is 9.67. The lowest BCUT2D eigenvalue weighted by molar-refractivity contribution is -0.129. The number of nitrogens with zero attached hydrogens (tertiary/aromatic N) is 1. The first-order chi connectivity index (χ1) is 6.41. The smallest absolute Gasteiger partial charge is 0.139 e. The minimum Gasteiger partial charge on any atom is -0.378 e. The second-order valence-electron chi connectivity index (χ2n) is 5.09. The molecule has 0 aromatic rings. The number of morpholine rings is 1. The number of ether oxygens (including phenoxy) is 1. The van der Waals surface area contributed by atoms with E-state index < -0.39 is 0 Å². The number of likely N-dealkylation sites (N-methyl/N-ethyl adjacent to an activating group) is 1. The summed E-state index contributed by atoms with van der Waals surface area (Å²) in [7, 11) is 2.06. The first-order valence-corrected chi connectivity index (χ1v) is 5.22. The van der Waals surface area contributed by atoms with Gasteiger partial charge in [-0.05, 0) is 7.05 Å². The monoisotopic (exact) mass is 199 g/mol. The van der Waals surface area contributed by atoms with Gasteiger partial charge in [-0.2, -0.15) is 0 Å². The van der Waals surface area contributed by atoms with Crippen molar-refractivity contribution < 1.29 is 9.53 Å². The predicted octanol–water partition coefficient (Wildman–Crippen LogP) is 1.32. The lowest BCUT2D eigenvalue weighted by Crippen LogP contribution is -2.45. The molecular weight excluding hydrogens is 178 g/mol. The molecule has 1 aliphatic rings. The summed E-state index contributed by atoms with van der Waals surface area (Å²) in [5, 5.41) is 0. The van der Waals surface area contributed by atoms with E-state index in [9.17, 15) is 4.79 Å². The molecule has 0 aromatic carbocycles. The van der Waals surface area contributed by atoms with Crippen molar-refractivity contribution in [3.63, 3.8) is 0 Å². The number of carbonyl (C=O) groups is 1. The Labute approximate surface area is 86.4 Å². The molecule has 1 fully saturated rings. The van der Waals surface area contributed by atoms with E-state index in [1.54, 1.807) is 0 Å². The van der Waals surface area contributed by atoms with Crippen molar-refractivity contribution in [2.24, 2.45) is 5.41 Å². The topological polar surface area (TPSA) is 29.5 Å². The zero-order chi connectivity index (χ0) is 10.8. The molecule has 0 aliphatic carbocycles. The summed E-state index contributed by atoms with van der Waals surface area (Å²) >= 11 is 0. The fourth-order valence-corrected chi connectivity index (χ4v) is 1.47. The second kappa shape index (κ2) is 4.41. The van der Waals surface area contributed by atoms with E-state index in [0.717, 1.165) is 13.2 Å². The van der Waals surface area contributed by atoms with Crippen molar-refractivity contribution >= 4 is 5.78 Å². The molecule has 1 aliphatic heterocycles. The number of hydrogen-bond acceptors (Lipinski definition) is 3. The van der Waals surface area contributed by atoms with Crippen LogP contribution in [0.4, 0.5) is 0 Å². The number of rotatable bonds is 2. The van der Waals surface area contributed by atoms with Crippen LogP contribution in [0.5, 0.6) is 0 Å². The van der Waals surface area contributed by atoms with Gasteiger partial charge in [0.2, 0.25) is 0 Å². The van der Waals surface area contributed by atoms with Crippen LogP contribution in [0.2, 0.25) is 0 Å². The molecule has 0 aromatic heterocycles. The molecule has 1 rings (SSSR count). The van der Waals surface area contributed by atoms with Gasteiger partial charge >= 0.3 is 0 Å². The third-order valence-corrected chi connectivity index (χ3v) is 2.78. The minimum atomic E-state index is -0.224. The Balaban J connectivity index is 2.46. The molecule has 0 N–H and O–H groups in total. The van der Waals surface area contributed by atoms with E-state index in [2.05, 4.69) is 11.9 Å². The molecule has 0 spiro atoms. The fourth-order valence-electron chi connectivity index (χ4n) is 1.47. The van der Waals surface area contributed by atoms with Crippen molar-refractivity contribution in [2.75, 3.05) is 26.8 Å². The Morgan fingerprint density at radius 3 is 2.64 bits per heavy atom. The van der Waals surface area contributed by atoms with Gasteiger partial charge in [0, 0.05) is 24.4 Å². The largest absolute Gasteiger partial charge is 0.378 e. The van der Waals surface area contributed by atoms with Gasteiger partial charge in [-0.3, -0.25) is 9.69 Å². The van der Waals surface area contributed by atoms with E-state index in [4.69, 9.17) is 4.74 Å². The van der Waals surface area contributed by atoms with E-state index in [1.807, 2.05) is 20.8 Å². The van der Waals surface area contributed by atoms with Crippen LogP contribution in [0.25, 0.3) is 0 Å². The first kappa shape index (κ1) is 11.7. The van der Waals surface area contributed by atoms with Crippen LogP contribution in [-0.2, 0) is 9.53 Å². The molecule has 3 nitrogen and oxygen atoms in total. The van der Waals surface area contributed by atoms with Gasteiger partial charge < -0.3 is 4.74 Å². The van der Waals surface area contributed by atoms with Gasteiger partial charge in [-0.25, -0.2) is 0 Å². The molecule has 14 heavy (non-hydrogen) atoms.